The standard InChI is InChI=1S/C38H41N6O6PS/c39-32(45)16-13-27(34(46)43-33(22-7-3-1-4-8-22)23-9-5-2-6-10-23)41-35(47)29-14-12-26-17-18-40-21-28(37(49)44(26)29)42-36(48)31-20-25-19-24(38(50)51)11-15-30(25)52-31/h1-11,15,19-20,26-27,29,33-34,40,43,46H,12-14,16-18,21,51H2,(H2,39,45)(H,41,47)/t26-,27+,29+,34?/m1/s1. The van der Waals surface area contributed by atoms with Crippen molar-refractivity contribution < 1.29 is 29.1 Å². The minimum atomic E-state index is -1.29. The first-order valence-electron chi connectivity index (χ1n) is 17.2. The average Bonchev–Trinajstić information content (AvgIpc) is 3.77. The number of aliphatic imine (C=N–C) groups is 1. The van der Waals surface area contributed by atoms with E-state index in [0.29, 0.717) is 36.2 Å². The van der Waals surface area contributed by atoms with Crippen LogP contribution in [0.4, 0.5) is 0 Å². The number of aliphatic hydroxyl groups is 1. The third-order valence-corrected chi connectivity index (χ3v) is 10.9. The number of nitrogens with two attached hydrogens (primary N) is 1. The Kier molecular flexibility index (Phi) is 12.0. The number of carbonyl (C=O) groups is 5. The summed E-state index contributed by atoms with van der Waals surface area (Å²) in [4.78, 5) is 71.3. The second kappa shape index (κ2) is 16.8. The number of hydrogen-bond donors (Lipinski definition) is 5. The SMILES string of the molecule is NC(=O)CC[C@H](NC(=O)[C@@H]1CC[C@@H]2CCNCC(=NC(=O)c3cc4cc(C(=O)P)ccc4s3)C(=O)N21)C(O)NC(c1ccccc1)c1ccccc1. The Hall–Kier alpha value is -4.65. The highest BCUT2D eigenvalue weighted by Gasteiger charge is 2.43. The Morgan fingerprint density at radius 2 is 1.67 bits per heavy atom. The van der Waals surface area contributed by atoms with Crippen LogP contribution in [-0.2, 0) is 14.4 Å². The van der Waals surface area contributed by atoms with E-state index in [-0.39, 0.29) is 36.7 Å². The predicted octanol–water partition coefficient (Wildman–Crippen LogP) is 3.30. The van der Waals surface area contributed by atoms with Gasteiger partial charge in [-0.15, -0.1) is 11.3 Å². The van der Waals surface area contributed by atoms with Gasteiger partial charge in [-0.3, -0.25) is 29.3 Å². The van der Waals surface area contributed by atoms with Crippen molar-refractivity contribution in [2.75, 3.05) is 13.1 Å². The Bertz CT molecular complexity index is 1950. The lowest BCUT2D eigenvalue weighted by molar-refractivity contribution is -0.137. The normalized spacial score (nSPS) is 19.6. The molecule has 52 heavy (non-hydrogen) atoms. The number of aliphatic hydroxyl groups excluding tert-OH is 1. The van der Waals surface area contributed by atoms with E-state index in [1.54, 1.807) is 24.3 Å². The van der Waals surface area contributed by atoms with Crippen LogP contribution >= 0.6 is 20.6 Å². The van der Waals surface area contributed by atoms with Crippen molar-refractivity contribution in [1.82, 2.24) is 20.9 Å². The Morgan fingerprint density at radius 1 is 0.981 bits per heavy atom. The lowest BCUT2D eigenvalue weighted by atomic mass is 9.97. The lowest BCUT2D eigenvalue weighted by Gasteiger charge is -2.34. The molecule has 2 aliphatic rings. The van der Waals surface area contributed by atoms with Crippen LogP contribution in [0.5, 0.6) is 0 Å². The molecule has 14 heteroatoms. The van der Waals surface area contributed by atoms with Crippen molar-refractivity contribution in [1.29, 1.82) is 0 Å². The maximum Gasteiger partial charge on any atom is 0.287 e. The smallest absolute Gasteiger partial charge is 0.287 e. The van der Waals surface area contributed by atoms with Crippen LogP contribution in [0.15, 0.2) is 89.9 Å². The topological polar surface area (TPSA) is 183 Å². The summed E-state index contributed by atoms with van der Waals surface area (Å²) in [6.45, 7) is 0.595. The number of carbonyl (C=O) groups excluding carboxylic acids is 5. The molecule has 4 amide bonds. The van der Waals surface area contributed by atoms with Crippen molar-refractivity contribution in [3.05, 3.63) is 106 Å². The monoisotopic (exact) mass is 740 g/mol. The first kappa shape index (κ1) is 37.1. The highest BCUT2D eigenvalue weighted by atomic mass is 32.1. The number of rotatable bonds is 12. The van der Waals surface area contributed by atoms with Crippen LogP contribution in [0.2, 0.25) is 0 Å². The summed E-state index contributed by atoms with van der Waals surface area (Å²) in [6.07, 6.45) is 0.228. The summed E-state index contributed by atoms with van der Waals surface area (Å²) in [5.74, 6) is -2.16. The molecular weight excluding hydrogens is 699 g/mol. The quantitative estimate of drug-likeness (QED) is 0.108. The predicted molar refractivity (Wildman–Crippen MR) is 203 cm³/mol. The van der Waals surface area contributed by atoms with Crippen LogP contribution in [0.1, 0.15) is 69.3 Å². The minimum Gasteiger partial charge on any atom is -0.376 e. The first-order chi connectivity index (χ1) is 25.1. The molecule has 3 aromatic carbocycles. The summed E-state index contributed by atoms with van der Waals surface area (Å²) in [5.41, 5.74) is 7.59. The molecule has 0 radical (unpaired) electrons. The minimum absolute atomic E-state index is 0.00627. The van der Waals surface area contributed by atoms with Gasteiger partial charge < -0.3 is 26.4 Å². The molecule has 0 aliphatic carbocycles. The van der Waals surface area contributed by atoms with E-state index in [9.17, 15) is 29.1 Å². The molecule has 0 saturated carbocycles. The number of benzene rings is 3. The molecule has 270 valence electrons. The zero-order chi connectivity index (χ0) is 36.8. The molecule has 3 heterocycles. The van der Waals surface area contributed by atoms with Gasteiger partial charge in [0.2, 0.25) is 11.8 Å². The van der Waals surface area contributed by atoms with E-state index in [0.717, 1.165) is 21.2 Å². The molecule has 0 spiro atoms. The molecule has 12 nitrogen and oxygen atoms in total. The van der Waals surface area contributed by atoms with Crippen molar-refractivity contribution in [3.8, 4) is 0 Å². The Morgan fingerprint density at radius 3 is 2.33 bits per heavy atom. The summed E-state index contributed by atoms with van der Waals surface area (Å²) in [7, 11) is 2.13. The lowest BCUT2D eigenvalue weighted by Crippen LogP contribution is -2.58. The number of nitrogens with zero attached hydrogens (tertiary/aromatic N) is 2. The van der Waals surface area contributed by atoms with Crippen molar-refractivity contribution in [2.45, 2.75) is 62.5 Å². The van der Waals surface area contributed by atoms with Gasteiger partial charge >= 0.3 is 0 Å². The van der Waals surface area contributed by atoms with Gasteiger partial charge in [0, 0.05) is 29.3 Å². The molecule has 2 fully saturated rings. The summed E-state index contributed by atoms with van der Waals surface area (Å²) >= 11 is 1.22. The van der Waals surface area contributed by atoms with E-state index in [1.807, 2.05) is 60.7 Å². The summed E-state index contributed by atoms with van der Waals surface area (Å²) < 4.78 is 0.804. The fourth-order valence-electron chi connectivity index (χ4n) is 6.85. The number of nitrogens with one attached hydrogen (secondary N) is 3. The van der Waals surface area contributed by atoms with Gasteiger partial charge in [0.1, 0.15) is 18.0 Å². The highest BCUT2D eigenvalue weighted by Crippen LogP contribution is 2.30. The third-order valence-electron chi connectivity index (χ3n) is 9.50. The van der Waals surface area contributed by atoms with Gasteiger partial charge in [0.05, 0.1) is 17.0 Å². The Labute approximate surface area is 307 Å². The summed E-state index contributed by atoms with van der Waals surface area (Å²) in [6, 6.07) is 23.4. The van der Waals surface area contributed by atoms with Gasteiger partial charge in [-0.1, -0.05) is 69.9 Å². The van der Waals surface area contributed by atoms with Crippen molar-refractivity contribution >= 4 is 65.5 Å². The first-order valence-corrected chi connectivity index (χ1v) is 18.6. The van der Waals surface area contributed by atoms with Crippen LogP contribution in [0.25, 0.3) is 10.1 Å². The fourth-order valence-corrected chi connectivity index (χ4v) is 7.95. The number of primary amides is 1. The second-order valence-electron chi connectivity index (χ2n) is 13.0. The zero-order valence-electron chi connectivity index (χ0n) is 28.4. The molecule has 6 rings (SSSR count). The van der Waals surface area contributed by atoms with E-state index in [4.69, 9.17) is 5.73 Å². The number of amides is 4. The number of fused-ring (bicyclic) bond motifs is 2. The van der Waals surface area contributed by atoms with Gasteiger partial charge in [0.25, 0.3) is 11.8 Å². The second-order valence-corrected chi connectivity index (χ2v) is 14.6. The molecular formula is C38H41N6O6PS. The van der Waals surface area contributed by atoms with Crippen LogP contribution in [0.3, 0.4) is 0 Å². The van der Waals surface area contributed by atoms with Crippen LogP contribution < -0.4 is 21.7 Å². The molecule has 2 aliphatic heterocycles. The van der Waals surface area contributed by atoms with Gasteiger partial charge in [0.15, 0.2) is 5.52 Å². The van der Waals surface area contributed by atoms with Gasteiger partial charge in [-0.25, -0.2) is 4.99 Å². The molecule has 1 aromatic heterocycles. The zero-order valence-corrected chi connectivity index (χ0v) is 30.3. The number of thiophene rings is 1. The Balaban J connectivity index is 1.22. The average molecular weight is 741 g/mol. The molecule has 5 atom stereocenters. The van der Waals surface area contributed by atoms with Crippen LogP contribution in [0, 0.1) is 0 Å². The van der Waals surface area contributed by atoms with Gasteiger partial charge in [-0.05, 0) is 73.0 Å². The van der Waals surface area contributed by atoms with Crippen LogP contribution in [-0.4, -0.2) is 82.3 Å². The fraction of sp³-hybridized carbons (Fsp3) is 0.316. The number of hydrogen-bond acceptors (Lipinski definition) is 9. The van der Waals surface area contributed by atoms with Crippen molar-refractivity contribution in [3.63, 3.8) is 0 Å². The summed E-state index contributed by atoms with van der Waals surface area (Å²) in [5, 5.41) is 21.7. The largest absolute Gasteiger partial charge is 0.376 e. The molecule has 0 bridgehead atoms. The van der Waals surface area contributed by atoms with E-state index < -0.39 is 48.0 Å². The maximum absolute atomic E-state index is 14.1. The van der Waals surface area contributed by atoms with E-state index >= 15 is 0 Å². The highest BCUT2D eigenvalue weighted by molar-refractivity contribution is 7.41. The van der Waals surface area contributed by atoms with E-state index in [1.165, 1.54) is 16.2 Å². The van der Waals surface area contributed by atoms with Crippen molar-refractivity contribution in [2.24, 2.45) is 10.7 Å². The molecule has 4 aromatic rings. The van der Waals surface area contributed by atoms with Gasteiger partial charge in [-0.2, -0.15) is 0 Å². The van der Waals surface area contributed by atoms with E-state index in [2.05, 4.69) is 30.2 Å². The third kappa shape index (κ3) is 8.68. The molecule has 6 N–H and O–H groups in total. The maximum atomic E-state index is 14.1. The molecule has 2 saturated heterocycles. The molecule has 2 unspecified atom stereocenters.